The van der Waals surface area contributed by atoms with Crippen LogP contribution in [0.15, 0.2) is 71.9 Å². The number of likely N-dealkylation sites (N-methyl/N-ethyl adjacent to an activating group) is 1. The summed E-state index contributed by atoms with van der Waals surface area (Å²) >= 11 is 0. The number of aromatic hydroxyl groups is 1. The summed E-state index contributed by atoms with van der Waals surface area (Å²) in [4.78, 5) is 31.6. The lowest BCUT2D eigenvalue weighted by Crippen LogP contribution is -2.69. The highest BCUT2D eigenvalue weighted by Crippen LogP contribution is 2.61. The molecule has 276 valence electrons. The van der Waals surface area contributed by atoms with E-state index in [-0.39, 0.29) is 68.6 Å². The molecule has 1 saturated carbocycles. The Morgan fingerprint density at radius 2 is 1.86 bits per heavy atom. The van der Waals surface area contributed by atoms with E-state index in [2.05, 4.69) is 17.8 Å². The predicted molar refractivity (Wildman–Crippen MR) is 189 cm³/mol. The van der Waals surface area contributed by atoms with Crippen molar-refractivity contribution in [2.75, 3.05) is 33.5 Å². The number of allylic oxidation sites excluding steroid dienone is 1. The van der Waals surface area contributed by atoms with E-state index >= 15 is 0 Å². The highest BCUT2D eigenvalue weighted by molar-refractivity contribution is 6.02. The van der Waals surface area contributed by atoms with Gasteiger partial charge in [-0.15, -0.1) is 6.58 Å². The van der Waals surface area contributed by atoms with E-state index in [4.69, 9.17) is 19.0 Å². The largest absolute Gasteiger partial charge is 0.508 e. The molecule has 2 aliphatic carbocycles. The Morgan fingerprint density at radius 3 is 2.53 bits per heavy atom. The zero-order chi connectivity index (χ0) is 36.5. The number of aliphatic hydroxyl groups is 2. The average Bonchev–Trinajstić information content (AvgIpc) is 3.12. The van der Waals surface area contributed by atoms with Crippen molar-refractivity contribution in [3.8, 4) is 11.5 Å². The number of amides is 1. The zero-order valence-electron chi connectivity index (χ0n) is 29.3. The normalized spacial score (nSPS) is 25.5. The van der Waals surface area contributed by atoms with Crippen LogP contribution in [0, 0.1) is 27.9 Å². The van der Waals surface area contributed by atoms with Crippen molar-refractivity contribution in [2.45, 2.75) is 76.2 Å². The number of phenols is 1. The number of oxime groups is 1. The van der Waals surface area contributed by atoms with Gasteiger partial charge in [-0.05, 0) is 85.9 Å². The maximum Gasteiger partial charge on any atom is 0.409 e. The SMILES string of the molecule is C=CCOC12Oc3ccc(O)cc3C3C(CCCCO)C(CCCCO)C=C(C(=NOCc4ccc([N+](=O)[O-])cc4)CC1N(C)C(=O)OCC)C32. The molecule has 0 radical (unpaired) electrons. The molecule has 1 fully saturated rings. The molecule has 1 aliphatic heterocycles. The van der Waals surface area contributed by atoms with E-state index < -0.39 is 28.8 Å². The number of carbonyl (C=O) groups excluding carboxylic acids is 1. The van der Waals surface area contributed by atoms with Crippen LogP contribution < -0.4 is 4.74 Å². The van der Waals surface area contributed by atoms with E-state index in [9.17, 15) is 30.2 Å². The summed E-state index contributed by atoms with van der Waals surface area (Å²) in [6.45, 7) is 6.13. The summed E-state index contributed by atoms with van der Waals surface area (Å²) < 4.78 is 19.2. The van der Waals surface area contributed by atoms with Crippen LogP contribution >= 0.6 is 0 Å². The summed E-state index contributed by atoms with van der Waals surface area (Å²) in [5, 5.41) is 46.0. The van der Waals surface area contributed by atoms with Gasteiger partial charge in [-0.3, -0.25) is 10.1 Å². The Balaban J connectivity index is 1.69. The number of ether oxygens (including phenoxy) is 3. The lowest BCUT2D eigenvalue weighted by Gasteiger charge is -2.59. The molecule has 1 heterocycles. The first-order valence-electron chi connectivity index (χ1n) is 17.7. The van der Waals surface area contributed by atoms with Crippen LogP contribution in [-0.4, -0.2) is 82.3 Å². The maximum atomic E-state index is 13.4. The molecule has 6 atom stereocenters. The highest BCUT2D eigenvalue weighted by Gasteiger charge is 2.65. The number of nitrogens with zero attached hydrogens (tertiary/aromatic N) is 3. The fourth-order valence-corrected chi connectivity index (χ4v) is 7.99. The summed E-state index contributed by atoms with van der Waals surface area (Å²) in [7, 11) is 1.65. The number of benzene rings is 2. The fraction of sp³-hybridized carbons (Fsp3) is 0.526. The number of hydrogen-bond donors (Lipinski definition) is 3. The second-order valence-electron chi connectivity index (χ2n) is 13.3. The third kappa shape index (κ3) is 8.05. The van der Waals surface area contributed by atoms with Gasteiger partial charge in [0, 0.05) is 50.3 Å². The number of aliphatic hydroxyl groups excluding tert-OH is 2. The second kappa shape index (κ2) is 17.2. The first-order chi connectivity index (χ1) is 24.7. The van der Waals surface area contributed by atoms with Gasteiger partial charge in [0.15, 0.2) is 0 Å². The molecule has 13 heteroatoms. The molecular formula is C38H49N3O10. The van der Waals surface area contributed by atoms with Gasteiger partial charge in [0.1, 0.15) is 24.1 Å². The first kappa shape index (κ1) is 37.8. The van der Waals surface area contributed by atoms with Gasteiger partial charge in [-0.2, -0.15) is 0 Å². The highest BCUT2D eigenvalue weighted by atomic mass is 16.7. The van der Waals surface area contributed by atoms with Crippen LogP contribution in [0.4, 0.5) is 10.5 Å². The second-order valence-corrected chi connectivity index (χ2v) is 13.3. The van der Waals surface area contributed by atoms with Crippen LogP contribution in [0.5, 0.6) is 11.5 Å². The third-order valence-electron chi connectivity index (χ3n) is 10.2. The molecule has 6 unspecified atom stereocenters. The number of rotatable bonds is 17. The van der Waals surface area contributed by atoms with Gasteiger partial charge >= 0.3 is 6.09 Å². The Bertz CT molecular complexity index is 1590. The number of non-ortho nitro benzene ring substituents is 1. The van der Waals surface area contributed by atoms with Crippen LogP contribution in [0.25, 0.3) is 0 Å². The molecule has 0 bridgehead atoms. The Labute approximate surface area is 298 Å². The van der Waals surface area contributed by atoms with E-state index in [1.165, 1.54) is 17.0 Å². The van der Waals surface area contributed by atoms with Crippen molar-refractivity contribution in [1.29, 1.82) is 0 Å². The minimum Gasteiger partial charge on any atom is -0.508 e. The van der Waals surface area contributed by atoms with Crippen LogP contribution in [0.3, 0.4) is 0 Å². The molecule has 2 aromatic rings. The molecular weight excluding hydrogens is 658 g/mol. The van der Waals surface area contributed by atoms with Crippen LogP contribution in [0.2, 0.25) is 0 Å². The smallest absolute Gasteiger partial charge is 0.409 e. The van der Waals surface area contributed by atoms with Gasteiger partial charge in [0.05, 0.1) is 29.8 Å². The molecule has 3 N–H and O–H groups in total. The lowest BCUT2D eigenvalue weighted by molar-refractivity contribution is -0.384. The van der Waals surface area contributed by atoms with Crippen molar-refractivity contribution in [3.05, 3.63) is 88.0 Å². The molecule has 0 aromatic heterocycles. The molecule has 1 amide bonds. The van der Waals surface area contributed by atoms with Crippen molar-refractivity contribution in [3.63, 3.8) is 0 Å². The summed E-state index contributed by atoms with van der Waals surface area (Å²) in [5.41, 5.74) is 2.93. The van der Waals surface area contributed by atoms with Gasteiger partial charge in [0.2, 0.25) is 5.79 Å². The predicted octanol–water partition coefficient (Wildman–Crippen LogP) is 6.22. The minimum atomic E-state index is -1.42. The number of nitro groups is 1. The number of unbranched alkanes of at least 4 members (excludes halogenated alkanes) is 2. The van der Waals surface area contributed by atoms with Gasteiger partial charge in [-0.25, -0.2) is 4.79 Å². The molecule has 51 heavy (non-hydrogen) atoms. The molecule has 0 spiro atoms. The molecule has 13 nitrogen and oxygen atoms in total. The first-order valence-corrected chi connectivity index (χ1v) is 17.7. The number of carbonyl (C=O) groups is 1. The van der Waals surface area contributed by atoms with Crippen molar-refractivity contribution in [1.82, 2.24) is 4.90 Å². The standard InChI is InChI=1S/C38H49N3O10/c1-4-20-49-38-34(40(3)37(45)48-5-2)23-32(39-50-24-25-12-14-27(15-13-25)41(46)47)30-21-26(10-6-8-18-42)29(11-7-9-19-43)35(36(30)38)31-22-28(44)16-17-33(31)51-38/h4,12-17,21-22,26,29,34-36,42-44H,1,5-11,18-20,23-24H2,2-3H3. The van der Waals surface area contributed by atoms with E-state index in [0.29, 0.717) is 29.9 Å². The zero-order valence-corrected chi connectivity index (χ0v) is 29.3. The molecule has 2 aromatic carbocycles. The topological polar surface area (TPSA) is 173 Å². The molecule has 3 aliphatic rings. The molecule has 0 saturated heterocycles. The Hall–Kier alpha value is -4.46. The van der Waals surface area contributed by atoms with Crippen molar-refractivity contribution < 1.29 is 44.1 Å². The fourth-order valence-electron chi connectivity index (χ4n) is 7.99. The third-order valence-corrected chi connectivity index (χ3v) is 10.2. The maximum absolute atomic E-state index is 13.4. The van der Waals surface area contributed by atoms with E-state index in [0.717, 1.165) is 36.8 Å². The number of nitro benzene ring substituents is 1. The summed E-state index contributed by atoms with van der Waals surface area (Å²) in [6, 6.07) is 10.4. The van der Waals surface area contributed by atoms with Crippen LogP contribution in [0.1, 0.15) is 68.9 Å². The number of phenolic OH excluding ortho intramolecular Hbond substituents is 1. The summed E-state index contributed by atoms with van der Waals surface area (Å²) in [5.74, 6) is -1.50. The van der Waals surface area contributed by atoms with Crippen molar-refractivity contribution in [2.24, 2.45) is 22.9 Å². The molecule has 5 rings (SSSR count). The van der Waals surface area contributed by atoms with Gasteiger partial charge < -0.3 is 39.3 Å². The number of fused-ring (bicyclic) bond motifs is 2. The lowest BCUT2D eigenvalue weighted by atomic mass is 9.55. The Kier molecular flexibility index (Phi) is 12.7. The van der Waals surface area contributed by atoms with Gasteiger partial charge in [-0.1, -0.05) is 30.1 Å². The Morgan fingerprint density at radius 1 is 1.14 bits per heavy atom. The van der Waals surface area contributed by atoms with Crippen LogP contribution in [-0.2, 0) is 20.9 Å². The van der Waals surface area contributed by atoms with Gasteiger partial charge in [0.25, 0.3) is 5.69 Å². The monoisotopic (exact) mass is 707 g/mol. The average molecular weight is 708 g/mol. The quantitative estimate of drug-likeness (QED) is 0.0741. The minimum absolute atomic E-state index is 0.0223. The summed E-state index contributed by atoms with van der Waals surface area (Å²) in [6.07, 6.45) is 7.88. The van der Waals surface area contributed by atoms with E-state index in [1.807, 2.05) is 0 Å². The van der Waals surface area contributed by atoms with E-state index in [1.54, 1.807) is 50.4 Å². The van der Waals surface area contributed by atoms with Crippen molar-refractivity contribution >= 4 is 17.5 Å². The number of hydrogen-bond acceptors (Lipinski definition) is 11.